The van der Waals surface area contributed by atoms with Gasteiger partial charge >= 0.3 is 0 Å². The van der Waals surface area contributed by atoms with E-state index in [-0.39, 0.29) is 42.3 Å². The molecular weight excluding hydrogens is 470 g/mol. The molecule has 3 aliphatic rings. The number of fused-ring (bicyclic) bond motifs is 3. The van der Waals surface area contributed by atoms with Gasteiger partial charge in [-0.2, -0.15) is 0 Å². The fourth-order valence-electron chi connectivity index (χ4n) is 6.16. The third kappa shape index (κ3) is 3.94. The van der Waals surface area contributed by atoms with Crippen LogP contribution in [0.1, 0.15) is 53.6 Å². The summed E-state index contributed by atoms with van der Waals surface area (Å²) in [6, 6.07) is 30.8. The largest absolute Gasteiger partial charge is 0.330 e. The Labute approximate surface area is 223 Å². The Morgan fingerprint density at radius 1 is 0.842 bits per heavy atom. The van der Waals surface area contributed by atoms with Crippen molar-refractivity contribution >= 4 is 17.5 Å². The lowest BCUT2D eigenvalue weighted by molar-refractivity contribution is -0.137. The van der Waals surface area contributed by atoms with Crippen LogP contribution in [0.25, 0.3) is 5.69 Å². The van der Waals surface area contributed by atoms with E-state index >= 15 is 0 Å². The van der Waals surface area contributed by atoms with E-state index in [0.717, 1.165) is 47.5 Å². The van der Waals surface area contributed by atoms with Gasteiger partial charge in [0.2, 0.25) is 11.8 Å². The highest BCUT2D eigenvalue weighted by Gasteiger charge is 2.49. The number of hydrogen-bond donors (Lipinski definition) is 0. The van der Waals surface area contributed by atoms with Crippen LogP contribution in [-0.2, 0) is 9.59 Å². The molecule has 0 radical (unpaired) electrons. The van der Waals surface area contributed by atoms with Crippen LogP contribution in [0.3, 0.4) is 0 Å². The van der Waals surface area contributed by atoms with Gasteiger partial charge in [0, 0.05) is 18.2 Å². The lowest BCUT2D eigenvalue weighted by atomic mass is 9.96. The van der Waals surface area contributed by atoms with Gasteiger partial charge in [-0.05, 0) is 67.5 Å². The van der Waals surface area contributed by atoms with Crippen molar-refractivity contribution < 1.29 is 9.59 Å². The number of para-hydroxylation sites is 2. The van der Waals surface area contributed by atoms with Crippen molar-refractivity contribution in [1.82, 2.24) is 9.47 Å². The first kappa shape index (κ1) is 23.0. The standard InChI is InChI=1S/C33H31N3O2/c1-22-9-7-12-24(19-22)32-30-15-8-18-34(30)28-13-5-6-14-29(28)36(32)31(37)21-35(25-16-17-25)33(38)27-20-26(27)23-10-3-2-4-11-23/h2-15,18-19,25-27,32H,16-17,20-21H2,1H3. The van der Waals surface area contributed by atoms with E-state index in [1.54, 1.807) is 0 Å². The van der Waals surface area contributed by atoms with E-state index < -0.39 is 0 Å². The third-order valence-corrected chi connectivity index (χ3v) is 8.26. The third-order valence-electron chi connectivity index (χ3n) is 8.26. The predicted octanol–water partition coefficient (Wildman–Crippen LogP) is 6.02. The van der Waals surface area contributed by atoms with Gasteiger partial charge in [0.05, 0.1) is 17.1 Å². The number of aryl methyl sites for hydroxylation is 1. The molecule has 5 heteroatoms. The maximum absolute atomic E-state index is 14.3. The van der Waals surface area contributed by atoms with Gasteiger partial charge < -0.3 is 9.47 Å². The second-order valence-corrected chi connectivity index (χ2v) is 10.9. The number of anilines is 1. The fraction of sp³-hybridized carbons (Fsp3) is 0.273. The first-order valence-corrected chi connectivity index (χ1v) is 13.6. The minimum Gasteiger partial charge on any atom is -0.330 e. The summed E-state index contributed by atoms with van der Waals surface area (Å²) in [4.78, 5) is 31.9. The van der Waals surface area contributed by atoms with Crippen LogP contribution in [0.2, 0.25) is 0 Å². The molecule has 5 nitrogen and oxygen atoms in total. The lowest BCUT2D eigenvalue weighted by Crippen LogP contribution is -2.47. The summed E-state index contributed by atoms with van der Waals surface area (Å²) in [6.07, 6.45) is 4.88. The zero-order chi connectivity index (χ0) is 25.8. The molecule has 4 aromatic rings. The molecule has 0 N–H and O–H groups in total. The van der Waals surface area contributed by atoms with E-state index in [2.05, 4.69) is 66.2 Å². The number of carbonyl (C=O) groups is 2. The molecule has 190 valence electrons. The molecule has 0 saturated heterocycles. The van der Waals surface area contributed by atoms with Gasteiger partial charge in [0.1, 0.15) is 12.6 Å². The number of benzene rings is 3. The van der Waals surface area contributed by atoms with Crippen LogP contribution < -0.4 is 4.90 Å². The van der Waals surface area contributed by atoms with Crippen molar-refractivity contribution in [2.24, 2.45) is 5.92 Å². The molecule has 1 aromatic heterocycles. The Morgan fingerprint density at radius 3 is 2.34 bits per heavy atom. The SMILES string of the molecule is Cc1cccc(C2c3cccn3-c3ccccc3N2C(=O)CN(C(=O)C2CC2c2ccccc2)C2CC2)c1. The molecule has 38 heavy (non-hydrogen) atoms. The number of nitrogens with zero attached hydrogens (tertiary/aromatic N) is 3. The van der Waals surface area contributed by atoms with Crippen molar-refractivity contribution in [2.45, 2.75) is 44.2 Å². The molecule has 2 aliphatic carbocycles. The molecule has 1 aliphatic heterocycles. The Hall–Kier alpha value is -4.12. The molecule has 3 aromatic carbocycles. The van der Waals surface area contributed by atoms with Crippen molar-refractivity contribution in [1.29, 1.82) is 0 Å². The smallest absolute Gasteiger partial charge is 0.247 e. The second-order valence-electron chi connectivity index (χ2n) is 10.9. The highest BCUT2D eigenvalue weighted by atomic mass is 16.2. The maximum Gasteiger partial charge on any atom is 0.247 e. The van der Waals surface area contributed by atoms with Gasteiger partial charge in [-0.1, -0.05) is 72.3 Å². The number of amides is 2. The van der Waals surface area contributed by atoms with Crippen molar-refractivity contribution in [3.8, 4) is 5.69 Å². The molecule has 3 unspecified atom stereocenters. The van der Waals surface area contributed by atoms with Gasteiger partial charge in [0.15, 0.2) is 0 Å². The minimum atomic E-state index is -0.263. The minimum absolute atomic E-state index is 0.0238. The van der Waals surface area contributed by atoms with Gasteiger partial charge in [-0.3, -0.25) is 14.5 Å². The highest BCUT2D eigenvalue weighted by Crippen LogP contribution is 2.50. The van der Waals surface area contributed by atoms with E-state index in [9.17, 15) is 9.59 Å². The van der Waals surface area contributed by atoms with Crippen LogP contribution in [0.5, 0.6) is 0 Å². The summed E-state index contributed by atoms with van der Waals surface area (Å²) in [5, 5.41) is 0. The van der Waals surface area contributed by atoms with Crippen LogP contribution >= 0.6 is 0 Å². The quantitative estimate of drug-likeness (QED) is 0.325. The number of rotatable bonds is 6. The molecule has 0 bridgehead atoms. The van der Waals surface area contributed by atoms with Crippen molar-refractivity contribution in [2.75, 3.05) is 11.4 Å². The molecular formula is C33H31N3O2. The number of aromatic nitrogens is 1. The zero-order valence-corrected chi connectivity index (χ0v) is 21.5. The van der Waals surface area contributed by atoms with E-state index in [4.69, 9.17) is 0 Å². The molecule has 2 amide bonds. The van der Waals surface area contributed by atoms with Gasteiger partial charge in [-0.25, -0.2) is 0 Å². The molecule has 2 heterocycles. The summed E-state index contributed by atoms with van der Waals surface area (Å²) >= 11 is 0. The average molecular weight is 502 g/mol. The average Bonchev–Trinajstić information content (AvgIpc) is 3.88. The van der Waals surface area contributed by atoms with Crippen LogP contribution in [-0.4, -0.2) is 33.9 Å². The first-order chi connectivity index (χ1) is 18.6. The Kier molecular flexibility index (Phi) is 5.46. The Balaban J connectivity index is 1.23. The van der Waals surface area contributed by atoms with Crippen molar-refractivity contribution in [3.05, 3.63) is 120 Å². The summed E-state index contributed by atoms with van der Waals surface area (Å²) in [5.74, 6) is 0.340. The second kappa shape index (κ2) is 9.02. The summed E-state index contributed by atoms with van der Waals surface area (Å²) in [7, 11) is 0. The topological polar surface area (TPSA) is 45.6 Å². The molecule has 2 fully saturated rings. The highest BCUT2D eigenvalue weighted by molar-refractivity contribution is 6.01. The Bertz CT molecular complexity index is 1520. The molecule has 2 saturated carbocycles. The monoisotopic (exact) mass is 501 g/mol. The fourth-order valence-corrected chi connectivity index (χ4v) is 6.16. The number of carbonyl (C=O) groups excluding carboxylic acids is 2. The van der Waals surface area contributed by atoms with E-state index in [1.807, 2.05) is 52.3 Å². The van der Waals surface area contributed by atoms with Crippen LogP contribution in [0, 0.1) is 12.8 Å². The molecule has 0 spiro atoms. The van der Waals surface area contributed by atoms with Crippen LogP contribution in [0.15, 0.2) is 97.2 Å². The van der Waals surface area contributed by atoms with Gasteiger partial charge in [-0.15, -0.1) is 0 Å². The van der Waals surface area contributed by atoms with E-state index in [1.165, 1.54) is 5.56 Å². The first-order valence-electron chi connectivity index (χ1n) is 13.6. The van der Waals surface area contributed by atoms with Crippen molar-refractivity contribution in [3.63, 3.8) is 0 Å². The summed E-state index contributed by atoms with van der Waals surface area (Å²) < 4.78 is 2.19. The predicted molar refractivity (Wildman–Crippen MR) is 148 cm³/mol. The van der Waals surface area contributed by atoms with E-state index in [0.29, 0.717) is 0 Å². The maximum atomic E-state index is 14.3. The molecule has 7 rings (SSSR count). The van der Waals surface area contributed by atoms with Gasteiger partial charge in [0.25, 0.3) is 0 Å². The zero-order valence-electron chi connectivity index (χ0n) is 21.5. The number of hydrogen-bond acceptors (Lipinski definition) is 2. The van der Waals surface area contributed by atoms with Crippen LogP contribution in [0.4, 0.5) is 5.69 Å². The summed E-state index contributed by atoms with van der Waals surface area (Å²) in [6.45, 7) is 2.19. The molecule has 3 atom stereocenters. The normalized spacial score (nSPS) is 21.4. The lowest BCUT2D eigenvalue weighted by Gasteiger charge is -2.39. The Morgan fingerprint density at radius 2 is 1.58 bits per heavy atom. The summed E-state index contributed by atoms with van der Waals surface area (Å²) in [5.41, 5.74) is 6.37.